The molecule has 0 atom stereocenters. The molecule has 19 heavy (non-hydrogen) atoms. The zero-order valence-corrected chi connectivity index (χ0v) is 12.6. The van der Waals surface area contributed by atoms with Gasteiger partial charge in [-0.3, -0.25) is 0 Å². The average Bonchev–Trinajstić information content (AvgIpc) is 2.34. The summed E-state index contributed by atoms with van der Waals surface area (Å²) in [7, 11) is -3.45. The number of benzene rings is 1. The Morgan fingerprint density at radius 3 is 2.58 bits per heavy atom. The van der Waals surface area contributed by atoms with Crippen molar-refractivity contribution < 1.29 is 13.5 Å². The molecule has 0 heterocycles. The molecule has 0 aliphatic carbocycles. The molecule has 0 spiro atoms. The Morgan fingerprint density at radius 1 is 1.32 bits per heavy atom. The summed E-state index contributed by atoms with van der Waals surface area (Å²) in [6.07, 6.45) is 1.46. The summed E-state index contributed by atoms with van der Waals surface area (Å²) in [5.74, 6) is 0. The molecule has 0 bridgehead atoms. The molecule has 0 unspecified atom stereocenters. The van der Waals surface area contributed by atoms with Crippen LogP contribution in [0.15, 0.2) is 29.2 Å². The highest BCUT2D eigenvalue weighted by molar-refractivity contribution is 7.89. The summed E-state index contributed by atoms with van der Waals surface area (Å²) in [6.45, 7) is 6.34. The van der Waals surface area contributed by atoms with Gasteiger partial charge in [0.25, 0.3) is 0 Å². The van der Waals surface area contributed by atoms with E-state index in [-0.39, 0.29) is 12.0 Å². The molecule has 1 rings (SSSR count). The van der Waals surface area contributed by atoms with Gasteiger partial charge in [-0.1, -0.05) is 26.0 Å². The Morgan fingerprint density at radius 2 is 2.00 bits per heavy atom. The van der Waals surface area contributed by atoms with Gasteiger partial charge in [0.05, 0.1) is 4.90 Å². The van der Waals surface area contributed by atoms with Crippen LogP contribution in [0.2, 0.25) is 0 Å². The summed E-state index contributed by atoms with van der Waals surface area (Å²) in [5, 5.41) is 8.83. The van der Waals surface area contributed by atoms with Gasteiger partial charge in [-0.2, -0.15) is 0 Å². The van der Waals surface area contributed by atoms with Gasteiger partial charge in [-0.25, -0.2) is 13.1 Å². The van der Waals surface area contributed by atoms with Gasteiger partial charge in [0.2, 0.25) is 10.0 Å². The molecule has 0 aliphatic heterocycles. The summed E-state index contributed by atoms with van der Waals surface area (Å²) >= 11 is 0. The second kappa shape index (κ2) is 6.50. The van der Waals surface area contributed by atoms with E-state index in [4.69, 9.17) is 5.11 Å². The van der Waals surface area contributed by atoms with Gasteiger partial charge < -0.3 is 5.11 Å². The van der Waals surface area contributed by atoms with Gasteiger partial charge in [-0.15, -0.1) is 0 Å². The molecule has 108 valence electrons. The number of aliphatic hydroxyl groups is 1. The second-order valence-corrected chi connectivity index (χ2v) is 7.40. The van der Waals surface area contributed by atoms with Crippen LogP contribution in [-0.2, 0) is 10.0 Å². The lowest BCUT2D eigenvalue weighted by Gasteiger charge is -2.24. The fourth-order valence-electron chi connectivity index (χ4n) is 1.80. The third-order valence-corrected chi connectivity index (χ3v) is 4.45. The van der Waals surface area contributed by atoms with Gasteiger partial charge in [0.1, 0.15) is 0 Å². The quantitative estimate of drug-likeness (QED) is 0.806. The Kier molecular flexibility index (Phi) is 5.52. The molecule has 0 radical (unpaired) electrons. The molecule has 2 N–H and O–H groups in total. The Labute approximate surface area is 115 Å². The minimum absolute atomic E-state index is 0.133. The number of nitrogens with one attached hydrogen (secondary N) is 1. The van der Waals surface area contributed by atoms with Crippen LogP contribution < -0.4 is 4.72 Å². The van der Waals surface area contributed by atoms with Crippen molar-refractivity contribution in [1.82, 2.24) is 4.72 Å². The van der Waals surface area contributed by atoms with Gasteiger partial charge in [-0.05, 0) is 42.9 Å². The van der Waals surface area contributed by atoms with Crippen molar-refractivity contribution in [2.45, 2.75) is 38.5 Å². The third-order valence-electron chi connectivity index (χ3n) is 3.05. The maximum atomic E-state index is 12.1. The molecular formula is C14H23NO3S. The first-order valence-electron chi connectivity index (χ1n) is 6.44. The van der Waals surface area contributed by atoms with E-state index in [0.29, 0.717) is 17.9 Å². The predicted molar refractivity (Wildman–Crippen MR) is 76.5 cm³/mol. The van der Waals surface area contributed by atoms with Crippen molar-refractivity contribution in [2.24, 2.45) is 5.41 Å². The predicted octanol–water partition coefficient (Wildman–Crippen LogP) is 2.07. The maximum Gasteiger partial charge on any atom is 0.240 e. The van der Waals surface area contributed by atoms with E-state index < -0.39 is 10.0 Å². The van der Waals surface area contributed by atoms with Gasteiger partial charge in [0, 0.05) is 13.2 Å². The molecule has 4 nitrogen and oxygen atoms in total. The minimum atomic E-state index is -3.45. The maximum absolute atomic E-state index is 12.1. The van der Waals surface area contributed by atoms with Crippen LogP contribution in [0.1, 0.15) is 32.3 Å². The minimum Gasteiger partial charge on any atom is -0.396 e. The van der Waals surface area contributed by atoms with Crippen molar-refractivity contribution in [2.75, 3.05) is 13.2 Å². The first kappa shape index (κ1) is 16.1. The first-order chi connectivity index (χ1) is 8.77. The highest BCUT2D eigenvalue weighted by Crippen LogP contribution is 2.22. The van der Waals surface area contributed by atoms with Crippen molar-refractivity contribution >= 4 is 10.0 Å². The number of hydrogen-bond acceptors (Lipinski definition) is 3. The lowest BCUT2D eigenvalue weighted by atomic mass is 9.88. The van der Waals surface area contributed by atoms with Crippen molar-refractivity contribution in [1.29, 1.82) is 0 Å². The molecule has 1 aromatic rings. The van der Waals surface area contributed by atoms with Crippen LogP contribution >= 0.6 is 0 Å². The van der Waals surface area contributed by atoms with Crippen LogP contribution in [0.4, 0.5) is 0 Å². The second-order valence-electron chi connectivity index (χ2n) is 5.63. The summed E-state index contributed by atoms with van der Waals surface area (Å²) in [5.41, 5.74) is 0.752. The smallest absolute Gasteiger partial charge is 0.240 e. The topological polar surface area (TPSA) is 66.4 Å². The molecule has 5 heteroatoms. The van der Waals surface area contributed by atoms with E-state index in [1.807, 2.05) is 26.8 Å². The van der Waals surface area contributed by atoms with Crippen molar-refractivity contribution in [3.05, 3.63) is 29.8 Å². The lowest BCUT2D eigenvalue weighted by Crippen LogP contribution is -2.34. The summed E-state index contributed by atoms with van der Waals surface area (Å²) in [6, 6.07) is 6.85. The fraction of sp³-hybridized carbons (Fsp3) is 0.571. The molecule has 0 amide bonds. The van der Waals surface area contributed by atoms with Gasteiger partial charge >= 0.3 is 0 Å². The number of aliphatic hydroxyl groups excluding tert-OH is 1. The monoisotopic (exact) mass is 285 g/mol. The highest BCUT2D eigenvalue weighted by Gasteiger charge is 2.21. The average molecular weight is 285 g/mol. The number of aryl methyl sites for hydroxylation is 1. The van der Waals surface area contributed by atoms with Crippen molar-refractivity contribution in [3.8, 4) is 0 Å². The van der Waals surface area contributed by atoms with Crippen LogP contribution in [0.5, 0.6) is 0 Å². The number of rotatable bonds is 7. The molecule has 0 aliphatic rings. The lowest BCUT2D eigenvalue weighted by molar-refractivity contribution is 0.242. The SMILES string of the molecule is Cc1cccc(S(=O)(=O)NCC(C)(C)CCCO)c1. The molecule has 0 aromatic heterocycles. The highest BCUT2D eigenvalue weighted by atomic mass is 32.2. The van der Waals surface area contributed by atoms with Crippen LogP contribution in [0, 0.1) is 12.3 Å². The van der Waals surface area contributed by atoms with Crippen LogP contribution in [0.3, 0.4) is 0 Å². The Bertz CT molecular complexity index is 509. The largest absolute Gasteiger partial charge is 0.396 e. The first-order valence-corrected chi connectivity index (χ1v) is 7.92. The summed E-state index contributed by atoms with van der Waals surface area (Å²) in [4.78, 5) is 0.297. The van der Waals surface area contributed by atoms with E-state index in [2.05, 4.69) is 4.72 Å². The standard InChI is InChI=1S/C14H23NO3S/c1-12-6-4-7-13(10-12)19(17,18)15-11-14(2,3)8-5-9-16/h4,6-7,10,15-16H,5,8-9,11H2,1-3H3. The van der Waals surface area contributed by atoms with E-state index in [1.54, 1.807) is 18.2 Å². The van der Waals surface area contributed by atoms with Gasteiger partial charge in [0.15, 0.2) is 0 Å². The van der Waals surface area contributed by atoms with Crippen molar-refractivity contribution in [3.63, 3.8) is 0 Å². The zero-order chi connectivity index (χ0) is 14.5. The van der Waals surface area contributed by atoms with Crippen LogP contribution in [-0.4, -0.2) is 26.7 Å². The Hall–Kier alpha value is -0.910. The molecule has 0 saturated carbocycles. The van der Waals surface area contributed by atoms with E-state index in [1.165, 1.54) is 0 Å². The van der Waals surface area contributed by atoms with E-state index in [9.17, 15) is 8.42 Å². The molecule has 0 saturated heterocycles. The third kappa shape index (κ3) is 5.30. The molecular weight excluding hydrogens is 262 g/mol. The van der Waals surface area contributed by atoms with E-state index >= 15 is 0 Å². The number of sulfonamides is 1. The Balaban J connectivity index is 2.71. The van der Waals surface area contributed by atoms with E-state index in [0.717, 1.165) is 12.0 Å². The normalized spacial score (nSPS) is 12.6. The molecule has 1 aromatic carbocycles. The fourth-order valence-corrected chi connectivity index (χ4v) is 3.15. The van der Waals surface area contributed by atoms with Crippen LogP contribution in [0.25, 0.3) is 0 Å². The summed E-state index contributed by atoms with van der Waals surface area (Å²) < 4.78 is 26.9. The molecule has 0 fully saturated rings. The zero-order valence-electron chi connectivity index (χ0n) is 11.8. The number of hydrogen-bond donors (Lipinski definition) is 2.